The normalized spacial score (nSPS) is 9.43. The van der Waals surface area contributed by atoms with Crippen molar-refractivity contribution in [3.63, 3.8) is 0 Å². The van der Waals surface area contributed by atoms with Crippen LogP contribution in [0.5, 0.6) is 11.5 Å². The molecule has 2 aromatic carbocycles. The molecule has 0 aromatic heterocycles. The molecule has 0 aliphatic carbocycles. The predicted molar refractivity (Wildman–Crippen MR) is 113 cm³/mol. The van der Waals surface area contributed by atoms with Crippen molar-refractivity contribution in [2.45, 2.75) is 0 Å². The number of hydrogen-bond acceptors (Lipinski definition) is 5. The van der Waals surface area contributed by atoms with E-state index in [-0.39, 0.29) is 16.1 Å². The Morgan fingerprint density at radius 3 is 1.57 bits per heavy atom. The van der Waals surface area contributed by atoms with Crippen LogP contribution in [0.25, 0.3) is 0 Å². The fourth-order valence-electron chi connectivity index (χ4n) is 1.58. The monoisotopic (exact) mass is 508 g/mol. The maximum Gasteiger partial charge on any atom is 0.337 e. The Balaban J connectivity index is 0.000000439. The van der Waals surface area contributed by atoms with Crippen molar-refractivity contribution in [2.75, 3.05) is 14.2 Å². The number of aromatic carboxylic acids is 1. The quantitative estimate of drug-likeness (QED) is 0.522. The van der Waals surface area contributed by atoms with Gasteiger partial charge >= 0.3 is 5.97 Å². The highest BCUT2D eigenvalue weighted by molar-refractivity contribution is 8.26. The van der Waals surface area contributed by atoms with Crippen LogP contribution in [0.15, 0.2) is 36.4 Å². The summed E-state index contributed by atoms with van der Waals surface area (Å²) in [6, 6.07) is 9.20. The van der Waals surface area contributed by atoms with Gasteiger partial charge in [-0.2, -0.15) is 0 Å². The summed E-state index contributed by atoms with van der Waals surface area (Å²) in [5, 5.41) is 8.60. The number of ether oxygens (including phenoxy) is 2. The number of carbonyl (C=O) groups is 2. The Labute approximate surface area is 187 Å². The third-order valence-corrected chi connectivity index (χ3v) is 3.65. The van der Waals surface area contributed by atoms with Crippen LogP contribution in [0.4, 0.5) is 0 Å². The summed E-state index contributed by atoms with van der Waals surface area (Å²) in [6.07, 6.45) is 0. The van der Waals surface area contributed by atoms with Gasteiger partial charge in [-0.3, -0.25) is 4.79 Å². The van der Waals surface area contributed by atoms with Gasteiger partial charge in [-0.25, -0.2) is 9.00 Å². The first-order chi connectivity index (χ1) is 13.0. The average molecular weight is 511 g/mol. The molecule has 6 nitrogen and oxygen atoms in total. The fraction of sp³-hybridized carbons (Fsp3) is 0.125. The minimum Gasteiger partial charge on any atom is -0.497 e. The van der Waals surface area contributed by atoms with Gasteiger partial charge < -0.3 is 14.6 Å². The Kier molecular flexibility index (Phi) is 13.3. The smallest absolute Gasteiger partial charge is 0.337 e. The van der Waals surface area contributed by atoms with Crippen LogP contribution in [-0.4, -0.2) is 34.7 Å². The number of benzene rings is 2. The zero-order chi connectivity index (χ0) is 21.9. The maximum atomic E-state index is 10.8. The number of carboxylic acids is 1. The molecule has 0 bridgehead atoms. The van der Waals surface area contributed by atoms with Gasteiger partial charge in [0.1, 0.15) is 11.5 Å². The molecule has 0 saturated heterocycles. The molecule has 0 aliphatic heterocycles. The molecule has 28 heavy (non-hydrogen) atoms. The highest BCUT2D eigenvalue weighted by Gasteiger charge is 2.09. The van der Waals surface area contributed by atoms with Crippen molar-refractivity contribution in [1.82, 2.24) is 0 Å². The summed E-state index contributed by atoms with van der Waals surface area (Å²) in [6.45, 7) is 0. The summed E-state index contributed by atoms with van der Waals surface area (Å²) in [5.74, 6) is -0.0147. The largest absolute Gasteiger partial charge is 0.497 e. The summed E-state index contributed by atoms with van der Waals surface area (Å²) < 4.78 is 18.8. The number of methoxy groups -OCH3 is 2. The van der Waals surface area contributed by atoms with Gasteiger partial charge in [-0.1, -0.05) is 23.2 Å². The fourth-order valence-corrected chi connectivity index (χ4v) is 2.18. The van der Waals surface area contributed by atoms with Gasteiger partial charge in [-0.15, -0.1) is 0 Å². The van der Waals surface area contributed by atoms with E-state index < -0.39 is 20.4 Å². The molecule has 0 amide bonds. The van der Waals surface area contributed by atoms with Crippen LogP contribution in [0.3, 0.4) is 0 Å². The molecule has 0 heterocycles. The first-order valence-corrected chi connectivity index (χ1v) is 10.8. The SMILES string of the molecule is COc1ccc(Cl)c(C(=O)Cl)c1.COc1ccc(Cl)c(C(=O)O)c1.O=S(Cl)Cl. The van der Waals surface area contributed by atoms with E-state index in [1.165, 1.54) is 32.4 Å². The van der Waals surface area contributed by atoms with Gasteiger partial charge in [0, 0.05) is 21.4 Å². The lowest BCUT2D eigenvalue weighted by molar-refractivity contribution is 0.0696. The van der Waals surface area contributed by atoms with E-state index in [1.54, 1.807) is 18.2 Å². The molecule has 1 N–H and O–H groups in total. The Morgan fingerprint density at radius 2 is 1.25 bits per heavy atom. The summed E-state index contributed by atoms with van der Waals surface area (Å²) >= 11 is 16.6. The molecule has 0 atom stereocenters. The molecule has 0 aliphatic rings. The molecule has 2 aromatic rings. The zero-order valence-electron chi connectivity index (χ0n) is 14.3. The third kappa shape index (κ3) is 10.4. The van der Waals surface area contributed by atoms with Crippen LogP contribution in [0, 0.1) is 0 Å². The molecule has 154 valence electrons. The van der Waals surface area contributed by atoms with Gasteiger partial charge in [0.15, 0.2) is 0 Å². The van der Waals surface area contributed by atoms with Crippen LogP contribution in [0.1, 0.15) is 20.7 Å². The zero-order valence-corrected chi connectivity index (χ0v) is 18.8. The Morgan fingerprint density at radius 1 is 0.893 bits per heavy atom. The van der Waals surface area contributed by atoms with E-state index in [4.69, 9.17) is 53.6 Å². The van der Waals surface area contributed by atoms with E-state index >= 15 is 0 Å². The minimum atomic E-state index is -1.67. The van der Waals surface area contributed by atoms with Crippen LogP contribution in [0.2, 0.25) is 10.0 Å². The lowest BCUT2D eigenvalue weighted by Gasteiger charge is -2.02. The second kappa shape index (κ2) is 13.9. The van der Waals surface area contributed by atoms with Gasteiger partial charge in [0.25, 0.3) is 5.24 Å². The summed E-state index contributed by atoms with van der Waals surface area (Å²) in [5.41, 5.74) is 0.314. The van der Waals surface area contributed by atoms with Crippen molar-refractivity contribution in [3.8, 4) is 11.5 Å². The lowest BCUT2D eigenvalue weighted by atomic mass is 10.2. The van der Waals surface area contributed by atoms with E-state index in [1.807, 2.05) is 0 Å². The molecule has 0 radical (unpaired) electrons. The van der Waals surface area contributed by atoms with E-state index in [0.717, 1.165) is 0 Å². The number of carbonyl (C=O) groups excluding carboxylic acids is 1. The first-order valence-electron chi connectivity index (χ1n) is 6.87. The second-order valence-corrected chi connectivity index (χ2v) is 8.14. The maximum absolute atomic E-state index is 10.8. The number of hydrogen-bond donors (Lipinski definition) is 1. The molecule has 0 spiro atoms. The average Bonchev–Trinajstić information content (AvgIpc) is 2.62. The van der Waals surface area contributed by atoms with Crippen LogP contribution < -0.4 is 9.47 Å². The molecule has 2 rings (SSSR count). The number of rotatable bonds is 4. The van der Waals surface area contributed by atoms with E-state index in [2.05, 4.69) is 21.4 Å². The van der Waals surface area contributed by atoms with Crippen molar-refractivity contribution >= 4 is 76.6 Å². The standard InChI is InChI=1S/C8H6Cl2O2.C8H7ClO3.Cl2OS/c2*1-12-5-2-3-7(9)6(4-5)8(10)11;1-4(2)3/h2-4H,1H3;2-4H,1H3,(H,10,11);. The summed E-state index contributed by atoms with van der Waals surface area (Å²) in [4.78, 5) is 21.3. The van der Waals surface area contributed by atoms with Crippen molar-refractivity contribution in [3.05, 3.63) is 57.6 Å². The van der Waals surface area contributed by atoms with Crippen molar-refractivity contribution in [1.29, 1.82) is 0 Å². The number of carboxylic acid groups (broad SMARTS) is 1. The highest BCUT2D eigenvalue weighted by atomic mass is 36.0. The van der Waals surface area contributed by atoms with Gasteiger partial charge in [-0.05, 0) is 48.0 Å². The van der Waals surface area contributed by atoms with Gasteiger partial charge in [0.05, 0.1) is 35.4 Å². The van der Waals surface area contributed by atoms with Crippen molar-refractivity contribution in [2.24, 2.45) is 0 Å². The molecule has 0 saturated carbocycles. The molecular weight excluding hydrogens is 498 g/mol. The van der Waals surface area contributed by atoms with Gasteiger partial charge in [0.2, 0.25) is 9.23 Å². The molecule has 12 heteroatoms. The molecular formula is C16H13Cl5O6S. The highest BCUT2D eigenvalue weighted by Crippen LogP contribution is 2.23. The molecule has 0 fully saturated rings. The Bertz CT molecular complexity index is 779. The minimum absolute atomic E-state index is 0.0519. The predicted octanol–water partition coefficient (Wildman–Crippen LogP) is 5.82. The third-order valence-electron chi connectivity index (χ3n) is 2.79. The van der Waals surface area contributed by atoms with Crippen LogP contribution >= 0.6 is 56.2 Å². The van der Waals surface area contributed by atoms with Crippen molar-refractivity contribution < 1.29 is 28.4 Å². The molecule has 0 unspecified atom stereocenters. The second-order valence-electron chi connectivity index (χ2n) is 4.45. The van der Waals surface area contributed by atoms with Crippen LogP contribution in [-0.2, 0) is 9.23 Å². The van der Waals surface area contributed by atoms with E-state index in [9.17, 15) is 9.59 Å². The topological polar surface area (TPSA) is 89.9 Å². The van der Waals surface area contributed by atoms with E-state index in [0.29, 0.717) is 16.5 Å². The Hall–Kier alpha value is -1.22. The lowest BCUT2D eigenvalue weighted by Crippen LogP contribution is -1.97. The summed E-state index contributed by atoms with van der Waals surface area (Å²) in [7, 11) is 10.3. The number of halogens is 5. The first kappa shape index (κ1) is 26.8.